The molecule has 0 spiro atoms. The minimum absolute atomic E-state index is 0.0529. The van der Waals surface area contributed by atoms with Crippen LogP contribution >= 0.6 is 0 Å². The first-order chi connectivity index (χ1) is 11.6. The number of rotatable bonds is 4. The summed E-state index contributed by atoms with van der Waals surface area (Å²) in [6.45, 7) is 6.82. The molecule has 6 heteroatoms. The molecule has 3 heterocycles. The third-order valence-corrected chi connectivity index (χ3v) is 4.54. The molecule has 1 fully saturated rings. The van der Waals surface area contributed by atoms with E-state index < -0.39 is 0 Å². The Bertz CT molecular complexity index is 711. The Hall–Kier alpha value is -2.18. The zero-order chi connectivity index (χ0) is 17.1. The maximum atomic E-state index is 12.9. The molecule has 1 aliphatic rings. The second kappa shape index (κ2) is 7.15. The Kier molecular flexibility index (Phi) is 4.97. The van der Waals surface area contributed by atoms with E-state index in [1.165, 1.54) is 0 Å². The molecular formula is C18H24N4O2. The van der Waals surface area contributed by atoms with Crippen LogP contribution < -0.4 is 5.73 Å². The molecule has 0 radical (unpaired) electrons. The summed E-state index contributed by atoms with van der Waals surface area (Å²) < 4.78 is 7.68. The van der Waals surface area contributed by atoms with Crippen molar-refractivity contribution in [3.63, 3.8) is 0 Å². The zero-order valence-corrected chi connectivity index (χ0v) is 14.2. The standard InChI is InChI=1S/C18H24N4O2/c1-13-9-17(18(23)21-7-8-24-16(10-19)12-21)14(2)22(13)11-15-5-3-4-6-20-15/h3-6,9,16H,7-8,10-12,19H2,1-2H3. The number of ether oxygens (including phenoxy) is 1. The zero-order valence-electron chi connectivity index (χ0n) is 14.2. The van der Waals surface area contributed by atoms with Crippen LogP contribution in [-0.2, 0) is 11.3 Å². The van der Waals surface area contributed by atoms with E-state index in [0.29, 0.717) is 32.8 Å². The van der Waals surface area contributed by atoms with Crippen molar-refractivity contribution in [2.75, 3.05) is 26.2 Å². The molecule has 24 heavy (non-hydrogen) atoms. The number of pyridine rings is 1. The number of nitrogens with zero attached hydrogens (tertiary/aromatic N) is 3. The highest BCUT2D eigenvalue weighted by Gasteiger charge is 2.26. The van der Waals surface area contributed by atoms with Crippen LogP contribution in [0.25, 0.3) is 0 Å². The number of carbonyl (C=O) groups excluding carboxylic acids is 1. The average molecular weight is 328 g/mol. The van der Waals surface area contributed by atoms with Crippen molar-refractivity contribution in [3.05, 3.63) is 53.1 Å². The summed E-state index contributed by atoms with van der Waals surface area (Å²) >= 11 is 0. The lowest BCUT2D eigenvalue weighted by atomic mass is 10.2. The number of aromatic nitrogens is 2. The first kappa shape index (κ1) is 16.7. The fraction of sp³-hybridized carbons (Fsp3) is 0.444. The fourth-order valence-corrected chi connectivity index (χ4v) is 3.13. The highest BCUT2D eigenvalue weighted by atomic mass is 16.5. The predicted octanol–water partition coefficient (Wildman–Crippen LogP) is 1.35. The van der Waals surface area contributed by atoms with Gasteiger partial charge in [0.2, 0.25) is 0 Å². The molecule has 1 amide bonds. The first-order valence-electron chi connectivity index (χ1n) is 8.27. The van der Waals surface area contributed by atoms with E-state index in [2.05, 4.69) is 9.55 Å². The summed E-state index contributed by atoms with van der Waals surface area (Å²) in [4.78, 5) is 19.1. The average Bonchev–Trinajstić information content (AvgIpc) is 2.90. The fourth-order valence-electron chi connectivity index (χ4n) is 3.13. The summed E-state index contributed by atoms with van der Waals surface area (Å²) in [6, 6.07) is 7.84. The van der Waals surface area contributed by atoms with Gasteiger partial charge >= 0.3 is 0 Å². The van der Waals surface area contributed by atoms with Gasteiger partial charge in [-0.3, -0.25) is 9.78 Å². The summed E-state index contributed by atoms with van der Waals surface area (Å²) in [5, 5.41) is 0. The SMILES string of the molecule is Cc1cc(C(=O)N2CCOC(CN)C2)c(C)n1Cc1ccccn1. The summed E-state index contributed by atoms with van der Waals surface area (Å²) in [5.74, 6) is 0.0529. The van der Waals surface area contributed by atoms with Crippen molar-refractivity contribution in [1.29, 1.82) is 0 Å². The van der Waals surface area contributed by atoms with Gasteiger partial charge in [-0.2, -0.15) is 0 Å². The van der Waals surface area contributed by atoms with E-state index in [4.69, 9.17) is 10.5 Å². The molecule has 3 rings (SSSR count). The van der Waals surface area contributed by atoms with Gasteiger partial charge in [-0.25, -0.2) is 0 Å². The number of amides is 1. The van der Waals surface area contributed by atoms with Gasteiger partial charge in [0.15, 0.2) is 0 Å². The van der Waals surface area contributed by atoms with Crippen LogP contribution in [-0.4, -0.2) is 52.7 Å². The Labute approximate surface area is 142 Å². The minimum atomic E-state index is -0.0697. The van der Waals surface area contributed by atoms with Crippen molar-refractivity contribution < 1.29 is 9.53 Å². The molecule has 2 aromatic rings. The largest absolute Gasteiger partial charge is 0.373 e. The van der Waals surface area contributed by atoms with Crippen LogP contribution in [0.5, 0.6) is 0 Å². The van der Waals surface area contributed by atoms with E-state index in [1.807, 2.05) is 43.0 Å². The molecule has 0 aromatic carbocycles. The molecule has 1 saturated heterocycles. The van der Waals surface area contributed by atoms with Crippen LogP contribution in [0.2, 0.25) is 0 Å². The summed E-state index contributed by atoms with van der Waals surface area (Å²) in [6.07, 6.45) is 1.72. The third-order valence-electron chi connectivity index (χ3n) is 4.54. The Balaban J connectivity index is 1.81. The van der Waals surface area contributed by atoms with Crippen molar-refractivity contribution >= 4 is 5.91 Å². The second-order valence-electron chi connectivity index (χ2n) is 6.17. The Morgan fingerprint density at radius 1 is 1.42 bits per heavy atom. The van der Waals surface area contributed by atoms with E-state index in [1.54, 1.807) is 6.20 Å². The van der Waals surface area contributed by atoms with Gasteiger partial charge in [-0.1, -0.05) is 6.07 Å². The van der Waals surface area contributed by atoms with Gasteiger partial charge in [0, 0.05) is 37.2 Å². The van der Waals surface area contributed by atoms with Gasteiger partial charge < -0.3 is 19.9 Å². The van der Waals surface area contributed by atoms with E-state index in [-0.39, 0.29) is 12.0 Å². The molecule has 0 saturated carbocycles. The lowest BCUT2D eigenvalue weighted by Crippen LogP contribution is -2.48. The Morgan fingerprint density at radius 2 is 2.25 bits per heavy atom. The van der Waals surface area contributed by atoms with Gasteiger partial charge in [0.1, 0.15) is 0 Å². The number of morpholine rings is 1. The molecule has 0 aliphatic carbocycles. The van der Waals surface area contributed by atoms with Crippen LogP contribution in [0.15, 0.2) is 30.5 Å². The maximum absolute atomic E-state index is 12.9. The summed E-state index contributed by atoms with van der Waals surface area (Å²) in [5.41, 5.74) is 9.44. The van der Waals surface area contributed by atoms with Crippen LogP contribution in [0.4, 0.5) is 0 Å². The van der Waals surface area contributed by atoms with Gasteiger partial charge in [-0.15, -0.1) is 0 Å². The van der Waals surface area contributed by atoms with Crippen LogP contribution in [0.1, 0.15) is 27.4 Å². The lowest BCUT2D eigenvalue weighted by molar-refractivity contribution is -0.0167. The molecule has 2 N–H and O–H groups in total. The van der Waals surface area contributed by atoms with E-state index in [9.17, 15) is 4.79 Å². The molecule has 6 nitrogen and oxygen atoms in total. The first-order valence-corrected chi connectivity index (χ1v) is 8.27. The highest BCUT2D eigenvalue weighted by Crippen LogP contribution is 2.19. The molecule has 1 aliphatic heterocycles. The summed E-state index contributed by atoms with van der Waals surface area (Å²) in [7, 11) is 0. The number of aryl methyl sites for hydroxylation is 1. The number of nitrogens with two attached hydrogens (primary N) is 1. The van der Waals surface area contributed by atoms with Crippen molar-refractivity contribution in [3.8, 4) is 0 Å². The third kappa shape index (κ3) is 3.34. The molecular weight excluding hydrogens is 304 g/mol. The van der Waals surface area contributed by atoms with Crippen LogP contribution in [0.3, 0.4) is 0 Å². The maximum Gasteiger partial charge on any atom is 0.255 e. The monoisotopic (exact) mass is 328 g/mol. The van der Waals surface area contributed by atoms with Gasteiger partial charge in [0.25, 0.3) is 5.91 Å². The quantitative estimate of drug-likeness (QED) is 0.919. The second-order valence-corrected chi connectivity index (χ2v) is 6.17. The lowest BCUT2D eigenvalue weighted by Gasteiger charge is -2.32. The molecule has 1 unspecified atom stereocenters. The Morgan fingerprint density at radius 3 is 2.96 bits per heavy atom. The molecule has 128 valence electrons. The van der Waals surface area contributed by atoms with Gasteiger partial charge in [0.05, 0.1) is 30.5 Å². The normalized spacial score (nSPS) is 18.0. The number of hydrogen-bond acceptors (Lipinski definition) is 4. The highest BCUT2D eigenvalue weighted by molar-refractivity contribution is 5.95. The van der Waals surface area contributed by atoms with E-state index in [0.717, 1.165) is 22.6 Å². The predicted molar refractivity (Wildman–Crippen MR) is 91.9 cm³/mol. The number of carbonyl (C=O) groups is 1. The van der Waals surface area contributed by atoms with Crippen molar-refractivity contribution in [2.24, 2.45) is 5.73 Å². The molecule has 1 atom stereocenters. The van der Waals surface area contributed by atoms with E-state index >= 15 is 0 Å². The molecule has 0 bridgehead atoms. The van der Waals surface area contributed by atoms with Crippen molar-refractivity contribution in [1.82, 2.24) is 14.5 Å². The van der Waals surface area contributed by atoms with Gasteiger partial charge in [-0.05, 0) is 32.0 Å². The molecule has 2 aromatic heterocycles. The minimum Gasteiger partial charge on any atom is -0.373 e. The smallest absolute Gasteiger partial charge is 0.255 e. The number of hydrogen-bond donors (Lipinski definition) is 1. The van der Waals surface area contributed by atoms with Crippen LogP contribution in [0, 0.1) is 13.8 Å². The van der Waals surface area contributed by atoms with Crippen molar-refractivity contribution in [2.45, 2.75) is 26.5 Å². The topological polar surface area (TPSA) is 73.4 Å².